The molecule has 0 radical (unpaired) electrons. The number of ether oxygens (including phenoxy) is 2. The smallest absolute Gasteiger partial charge is 0.251 e. The molecular formula is C17H24N2O3. The van der Waals surface area contributed by atoms with Gasteiger partial charge in [0.1, 0.15) is 6.61 Å². The van der Waals surface area contributed by atoms with Crippen molar-refractivity contribution >= 4 is 5.91 Å². The summed E-state index contributed by atoms with van der Waals surface area (Å²) in [6.07, 6.45) is 3.89. The van der Waals surface area contributed by atoms with Gasteiger partial charge in [0.15, 0.2) is 11.5 Å². The van der Waals surface area contributed by atoms with Crippen LogP contribution in [0.15, 0.2) is 30.9 Å². The number of amides is 1. The second kappa shape index (κ2) is 6.83. The van der Waals surface area contributed by atoms with Crippen molar-refractivity contribution in [3.05, 3.63) is 36.4 Å². The molecule has 0 saturated heterocycles. The van der Waals surface area contributed by atoms with Crippen LogP contribution in [0.2, 0.25) is 0 Å². The van der Waals surface area contributed by atoms with Crippen LogP contribution in [0.4, 0.5) is 0 Å². The second-order valence-corrected chi connectivity index (χ2v) is 5.82. The largest absolute Gasteiger partial charge is 0.493 e. The van der Waals surface area contributed by atoms with Crippen LogP contribution in [0.25, 0.3) is 0 Å². The quantitative estimate of drug-likeness (QED) is 0.722. The predicted molar refractivity (Wildman–Crippen MR) is 86.3 cm³/mol. The third kappa shape index (κ3) is 3.60. The predicted octanol–water partition coefficient (Wildman–Crippen LogP) is 2.12. The Hall–Kier alpha value is -2.01. The Balaban J connectivity index is 2.14. The summed E-state index contributed by atoms with van der Waals surface area (Å²) in [7, 11) is 1.55. The van der Waals surface area contributed by atoms with Crippen molar-refractivity contribution in [3.63, 3.8) is 0 Å². The third-order valence-electron chi connectivity index (χ3n) is 4.08. The van der Waals surface area contributed by atoms with Crippen LogP contribution in [-0.2, 0) is 0 Å². The van der Waals surface area contributed by atoms with Gasteiger partial charge in [-0.15, -0.1) is 0 Å². The van der Waals surface area contributed by atoms with E-state index >= 15 is 0 Å². The highest BCUT2D eigenvalue weighted by molar-refractivity contribution is 5.95. The first-order valence-corrected chi connectivity index (χ1v) is 7.48. The van der Waals surface area contributed by atoms with E-state index in [1.807, 2.05) is 6.92 Å². The van der Waals surface area contributed by atoms with E-state index in [1.54, 1.807) is 31.4 Å². The molecule has 1 atom stereocenters. The van der Waals surface area contributed by atoms with E-state index in [-0.39, 0.29) is 11.4 Å². The monoisotopic (exact) mass is 304 g/mol. The maximum Gasteiger partial charge on any atom is 0.251 e. The minimum atomic E-state index is -0.345. The Morgan fingerprint density at radius 2 is 2.23 bits per heavy atom. The average molecular weight is 304 g/mol. The molecular weight excluding hydrogens is 280 g/mol. The molecule has 5 nitrogen and oxygen atoms in total. The number of carbonyl (C=O) groups is 1. The molecule has 2 rings (SSSR count). The molecule has 5 heteroatoms. The summed E-state index contributed by atoms with van der Waals surface area (Å²) in [6, 6.07) is 5.13. The summed E-state index contributed by atoms with van der Waals surface area (Å²) in [6.45, 7) is 6.42. The Labute approximate surface area is 131 Å². The molecule has 120 valence electrons. The normalized spacial score (nSPS) is 16.5. The highest BCUT2D eigenvalue weighted by Crippen LogP contribution is 2.39. The van der Waals surface area contributed by atoms with E-state index in [9.17, 15) is 4.79 Å². The molecule has 0 heterocycles. The van der Waals surface area contributed by atoms with E-state index in [2.05, 4.69) is 11.9 Å². The number of nitrogens with two attached hydrogens (primary N) is 1. The molecule has 0 bridgehead atoms. The summed E-state index contributed by atoms with van der Waals surface area (Å²) in [4.78, 5) is 12.5. The summed E-state index contributed by atoms with van der Waals surface area (Å²) in [5, 5.41) is 3.06. The van der Waals surface area contributed by atoms with Crippen molar-refractivity contribution in [2.24, 2.45) is 11.7 Å². The average Bonchev–Trinajstić information content (AvgIpc) is 3.37. The molecule has 1 aromatic rings. The van der Waals surface area contributed by atoms with Crippen molar-refractivity contribution in [2.45, 2.75) is 25.3 Å². The van der Waals surface area contributed by atoms with Crippen LogP contribution in [0.1, 0.15) is 30.1 Å². The van der Waals surface area contributed by atoms with Crippen molar-refractivity contribution in [1.29, 1.82) is 0 Å². The summed E-state index contributed by atoms with van der Waals surface area (Å²) < 4.78 is 10.8. The first-order valence-electron chi connectivity index (χ1n) is 7.48. The first-order chi connectivity index (χ1) is 10.5. The summed E-state index contributed by atoms with van der Waals surface area (Å²) in [5.41, 5.74) is 6.03. The van der Waals surface area contributed by atoms with Crippen LogP contribution in [-0.4, -0.2) is 31.7 Å². The molecule has 0 spiro atoms. The van der Waals surface area contributed by atoms with Gasteiger partial charge in [0.05, 0.1) is 12.6 Å². The number of benzene rings is 1. The fourth-order valence-electron chi connectivity index (χ4n) is 2.45. The van der Waals surface area contributed by atoms with Gasteiger partial charge < -0.3 is 20.5 Å². The molecule has 0 aliphatic heterocycles. The lowest BCUT2D eigenvalue weighted by Gasteiger charge is -2.29. The Morgan fingerprint density at radius 1 is 1.50 bits per heavy atom. The summed E-state index contributed by atoms with van der Waals surface area (Å²) >= 11 is 0. The topological polar surface area (TPSA) is 73.6 Å². The fourth-order valence-corrected chi connectivity index (χ4v) is 2.45. The zero-order valence-corrected chi connectivity index (χ0v) is 13.2. The number of nitrogens with one attached hydrogen (secondary N) is 1. The Bertz CT molecular complexity index is 555. The molecule has 1 fully saturated rings. The molecule has 3 N–H and O–H groups in total. The van der Waals surface area contributed by atoms with Crippen molar-refractivity contribution in [2.75, 3.05) is 20.3 Å². The van der Waals surface area contributed by atoms with Gasteiger partial charge in [-0.3, -0.25) is 4.79 Å². The lowest BCUT2D eigenvalue weighted by atomic mass is 9.95. The Morgan fingerprint density at radius 3 is 2.77 bits per heavy atom. The molecule has 0 aromatic heterocycles. The molecule has 1 unspecified atom stereocenters. The molecule has 1 aliphatic carbocycles. The lowest BCUT2D eigenvalue weighted by Crippen LogP contribution is -2.53. The summed E-state index contributed by atoms with van der Waals surface area (Å²) in [5.74, 6) is 1.44. The van der Waals surface area contributed by atoms with Crippen LogP contribution in [0.5, 0.6) is 11.5 Å². The highest BCUT2D eigenvalue weighted by atomic mass is 16.5. The van der Waals surface area contributed by atoms with E-state index in [0.717, 1.165) is 12.8 Å². The fraction of sp³-hybridized carbons (Fsp3) is 0.471. The van der Waals surface area contributed by atoms with Crippen LogP contribution < -0.4 is 20.5 Å². The minimum absolute atomic E-state index is 0.145. The van der Waals surface area contributed by atoms with Crippen molar-refractivity contribution < 1.29 is 14.3 Å². The molecule has 22 heavy (non-hydrogen) atoms. The van der Waals surface area contributed by atoms with Crippen molar-refractivity contribution in [1.82, 2.24) is 5.32 Å². The van der Waals surface area contributed by atoms with E-state index in [0.29, 0.717) is 36.1 Å². The van der Waals surface area contributed by atoms with Gasteiger partial charge in [-0.1, -0.05) is 12.7 Å². The van der Waals surface area contributed by atoms with Crippen LogP contribution in [0, 0.1) is 5.92 Å². The number of rotatable bonds is 8. The molecule has 1 amide bonds. The first kappa shape index (κ1) is 16.4. The zero-order chi connectivity index (χ0) is 16.2. The SMILES string of the molecule is C=CCOc1ccc(C(=O)NC(C)(CN)C2CC2)cc1OC. The Kier molecular flexibility index (Phi) is 5.08. The highest BCUT2D eigenvalue weighted by Gasteiger charge is 2.41. The second-order valence-electron chi connectivity index (χ2n) is 5.82. The van der Waals surface area contributed by atoms with E-state index in [1.165, 1.54) is 0 Å². The number of hydrogen-bond acceptors (Lipinski definition) is 4. The van der Waals surface area contributed by atoms with Crippen molar-refractivity contribution in [3.8, 4) is 11.5 Å². The van der Waals surface area contributed by atoms with Gasteiger partial charge in [0.25, 0.3) is 5.91 Å². The van der Waals surface area contributed by atoms with Gasteiger partial charge in [0.2, 0.25) is 0 Å². The lowest BCUT2D eigenvalue weighted by molar-refractivity contribution is 0.0897. The molecule has 1 aliphatic rings. The number of carbonyl (C=O) groups excluding carboxylic acids is 1. The van der Waals surface area contributed by atoms with Gasteiger partial charge in [-0.2, -0.15) is 0 Å². The van der Waals surface area contributed by atoms with E-state index < -0.39 is 0 Å². The number of methoxy groups -OCH3 is 1. The van der Waals surface area contributed by atoms with Crippen LogP contribution >= 0.6 is 0 Å². The van der Waals surface area contributed by atoms with E-state index in [4.69, 9.17) is 15.2 Å². The third-order valence-corrected chi connectivity index (χ3v) is 4.08. The zero-order valence-electron chi connectivity index (χ0n) is 13.2. The van der Waals surface area contributed by atoms with Gasteiger partial charge in [-0.05, 0) is 43.9 Å². The van der Waals surface area contributed by atoms with Gasteiger partial charge in [0, 0.05) is 12.1 Å². The molecule has 1 saturated carbocycles. The maximum absolute atomic E-state index is 12.5. The van der Waals surface area contributed by atoms with Gasteiger partial charge in [-0.25, -0.2) is 0 Å². The standard InChI is InChI=1S/C17H24N2O3/c1-4-9-22-14-8-5-12(10-15(14)21-3)16(20)19-17(2,11-18)13-6-7-13/h4-5,8,10,13H,1,6-7,9,11,18H2,2-3H3,(H,19,20). The number of hydrogen-bond donors (Lipinski definition) is 2. The van der Waals surface area contributed by atoms with Crippen LogP contribution in [0.3, 0.4) is 0 Å². The minimum Gasteiger partial charge on any atom is -0.493 e. The van der Waals surface area contributed by atoms with Gasteiger partial charge >= 0.3 is 0 Å². The molecule has 1 aromatic carbocycles. The maximum atomic E-state index is 12.5.